The number of nitrogens with two attached hydrogens (primary N) is 1. The first kappa shape index (κ1) is 7.88. The molecule has 4 N–H and O–H groups in total. The van der Waals surface area contributed by atoms with Gasteiger partial charge in [0, 0.05) is 6.61 Å². The highest BCUT2D eigenvalue weighted by Crippen LogP contribution is 1.92. The summed E-state index contributed by atoms with van der Waals surface area (Å²) < 4.78 is 0. The largest absolute Gasteiger partial charge is 0.396 e. The van der Waals surface area contributed by atoms with Crippen molar-refractivity contribution < 1.29 is 10.2 Å². The van der Waals surface area contributed by atoms with Gasteiger partial charge in [0.05, 0.1) is 6.10 Å². The number of hydrogen-bond donors (Lipinski definition) is 3. The maximum Gasteiger partial charge on any atom is 0.0574 e. The zero-order chi connectivity index (χ0) is 6.41. The Bertz CT molecular complexity index is 43.7. The van der Waals surface area contributed by atoms with E-state index in [2.05, 4.69) is 0 Å². The molecular formula is C5H13NO2. The molecule has 0 aromatic heterocycles. The minimum atomic E-state index is -0.412. The van der Waals surface area contributed by atoms with Crippen LogP contribution >= 0.6 is 0 Å². The molecular weight excluding hydrogens is 106 g/mol. The van der Waals surface area contributed by atoms with E-state index in [-0.39, 0.29) is 6.61 Å². The van der Waals surface area contributed by atoms with Crippen molar-refractivity contribution in [3.05, 3.63) is 0 Å². The van der Waals surface area contributed by atoms with E-state index in [0.717, 1.165) is 0 Å². The summed E-state index contributed by atoms with van der Waals surface area (Å²) in [7, 11) is 0. The smallest absolute Gasteiger partial charge is 0.0574 e. The molecule has 0 rings (SSSR count). The fourth-order valence-electron chi connectivity index (χ4n) is 0.486. The van der Waals surface area contributed by atoms with Crippen LogP contribution in [0.1, 0.15) is 12.8 Å². The monoisotopic (exact) mass is 119 g/mol. The lowest BCUT2D eigenvalue weighted by Crippen LogP contribution is -2.14. The van der Waals surface area contributed by atoms with Gasteiger partial charge in [0.2, 0.25) is 0 Å². The third kappa shape index (κ3) is 4.05. The van der Waals surface area contributed by atoms with Crippen LogP contribution in [0.3, 0.4) is 0 Å². The van der Waals surface area contributed by atoms with Crippen molar-refractivity contribution in [3.8, 4) is 0 Å². The zero-order valence-electron chi connectivity index (χ0n) is 4.88. The van der Waals surface area contributed by atoms with Crippen LogP contribution in [-0.4, -0.2) is 29.5 Å². The zero-order valence-corrected chi connectivity index (χ0v) is 4.88. The first-order valence-electron chi connectivity index (χ1n) is 2.80. The summed E-state index contributed by atoms with van der Waals surface area (Å²) in [5.74, 6) is 0. The van der Waals surface area contributed by atoms with Crippen LogP contribution in [-0.2, 0) is 0 Å². The number of aliphatic hydroxyl groups excluding tert-OH is 2. The molecule has 0 unspecified atom stereocenters. The molecule has 0 bridgehead atoms. The molecule has 8 heavy (non-hydrogen) atoms. The molecule has 3 heteroatoms. The first-order valence-corrected chi connectivity index (χ1v) is 2.80. The van der Waals surface area contributed by atoms with Gasteiger partial charge < -0.3 is 15.9 Å². The Labute approximate surface area is 49.1 Å². The van der Waals surface area contributed by atoms with Crippen molar-refractivity contribution in [1.29, 1.82) is 0 Å². The number of hydrogen-bond acceptors (Lipinski definition) is 3. The molecule has 0 aliphatic heterocycles. The molecule has 0 amide bonds. The van der Waals surface area contributed by atoms with E-state index in [1.54, 1.807) is 0 Å². The van der Waals surface area contributed by atoms with E-state index in [1.165, 1.54) is 0 Å². The molecule has 50 valence electrons. The quantitative estimate of drug-likeness (QED) is 0.448. The van der Waals surface area contributed by atoms with Crippen molar-refractivity contribution >= 4 is 0 Å². The second-order valence-corrected chi connectivity index (χ2v) is 1.74. The molecule has 1 atom stereocenters. The van der Waals surface area contributed by atoms with Crippen LogP contribution in [0, 0.1) is 0 Å². The van der Waals surface area contributed by atoms with Crippen molar-refractivity contribution in [1.82, 2.24) is 0 Å². The van der Waals surface area contributed by atoms with Gasteiger partial charge in [-0.05, 0) is 19.4 Å². The van der Waals surface area contributed by atoms with Crippen LogP contribution in [0.5, 0.6) is 0 Å². The van der Waals surface area contributed by atoms with Crippen molar-refractivity contribution in [3.63, 3.8) is 0 Å². The summed E-state index contributed by atoms with van der Waals surface area (Å²) in [6.07, 6.45) is 0.614. The van der Waals surface area contributed by atoms with Gasteiger partial charge in [-0.25, -0.2) is 0 Å². The molecule has 0 fully saturated rings. The van der Waals surface area contributed by atoms with E-state index in [0.29, 0.717) is 19.4 Å². The summed E-state index contributed by atoms with van der Waals surface area (Å²) in [6, 6.07) is 0. The van der Waals surface area contributed by atoms with E-state index in [4.69, 9.17) is 15.9 Å². The van der Waals surface area contributed by atoms with E-state index < -0.39 is 6.10 Å². The molecule has 0 radical (unpaired) electrons. The molecule has 0 saturated carbocycles. The van der Waals surface area contributed by atoms with E-state index in [9.17, 15) is 0 Å². The van der Waals surface area contributed by atoms with E-state index in [1.807, 2.05) is 0 Å². The summed E-state index contributed by atoms with van der Waals surface area (Å²) >= 11 is 0. The van der Waals surface area contributed by atoms with Crippen molar-refractivity contribution in [2.24, 2.45) is 5.73 Å². The van der Waals surface area contributed by atoms with Gasteiger partial charge in [0.25, 0.3) is 0 Å². The van der Waals surface area contributed by atoms with Gasteiger partial charge in [-0.3, -0.25) is 0 Å². The lowest BCUT2D eigenvalue weighted by Gasteiger charge is -2.04. The highest BCUT2D eigenvalue weighted by Gasteiger charge is 1.98. The maximum absolute atomic E-state index is 8.81. The first-order chi connectivity index (χ1) is 3.81. The third-order valence-electron chi connectivity index (χ3n) is 0.962. The average Bonchev–Trinajstić information content (AvgIpc) is 1.68. The van der Waals surface area contributed by atoms with Gasteiger partial charge in [-0.15, -0.1) is 0 Å². The maximum atomic E-state index is 8.81. The van der Waals surface area contributed by atoms with Crippen LogP contribution in [0.2, 0.25) is 0 Å². The summed E-state index contributed by atoms with van der Waals surface area (Å²) in [4.78, 5) is 0. The molecule has 0 aliphatic carbocycles. The minimum Gasteiger partial charge on any atom is -0.396 e. The molecule has 0 aromatic rings. The van der Waals surface area contributed by atoms with Crippen LogP contribution in [0.4, 0.5) is 0 Å². The van der Waals surface area contributed by atoms with Crippen LogP contribution in [0.15, 0.2) is 0 Å². The normalized spacial score (nSPS) is 13.9. The predicted octanol–water partition coefficient (Wildman–Crippen LogP) is -0.922. The standard InChI is InChI=1S/C5H13NO2/c6-3-1-5(8)2-4-7/h5,7-8H,1-4,6H2/t5-/m0/s1. The Morgan fingerprint density at radius 1 is 1.38 bits per heavy atom. The highest BCUT2D eigenvalue weighted by atomic mass is 16.3. The number of aliphatic hydroxyl groups is 2. The fraction of sp³-hybridized carbons (Fsp3) is 1.00. The van der Waals surface area contributed by atoms with Gasteiger partial charge in [0.15, 0.2) is 0 Å². The van der Waals surface area contributed by atoms with Crippen LogP contribution < -0.4 is 5.73 Å². The Hall–Kier alpha value is -0.120. The lowest BCUT2D eigenvalue weighted by atomic mass is 10.2. The molecule has 0 spiro atoms. The summed E-state index contributed by atoms with van der Waals surface area (Å²) in [6.45, 7) is 0.530. The summed E-state index contributed by atoms with van der Waals surface area (Å²) in [5.41, 5.74) is 5.12. The Morgan fingerprint density at radius 2 is 2.00 bits per heavy atom. The summed E-state index contributed by atoms with van der Waals surface area (Å²) in [5, 5.41) is 17.1. The second kappa shape index (κ2) is 5.03. The Balaban J connectivity index is 2.92. The fourth-order valence-corrected chi connectivity index (χ4v) is 0.486. The van der Waals surface area contributed by atoms with Gasteiger partial charge in [-0.2, -0.15) is 0 Å². The molecule has 0 aromatic carbocycles. The second-order valence-electron chi connectivity index (χ2n) is 1.74. The van der Waals surface area contributed by atoms with Crippen molar-refractivity contribution in [2.75, 3.05) is 13.2 Å². The lowest BCUT2D eigenvalue weighted by molar-refractivity contribution is 0.127. The number of rotatable bonds is 4. The third-order valence-corrected chi connectivity index (χ3v) is 0.962. The average molecular weight is 119 g/mol. The Kier molecular flexibility index (Phi) is 4.95. The molecule has 0 saturated heterocycles. The molecule has 0 aliphatic rings. The Morgan fingerprint density at radius 3 is 2.38 bits per heavy atom. The predicted molar refractivity (Wildman–Crippen MR) is 31.4 cm³/mol. The minimum absolute atomic E-state index is 0.0428. The van der Waals surface area contributed by atoms with Gasteiger partial charge in [-0.1, -0.05) is 0 Å². The van der Waals surface area contributed by atoms with Gasteiger partial charge in [0.1, 0.15) is 0 Å². The van der Waals surface area contributed by atoms with Crippen LogP contribution in [0.25, 0.3) is 0 Å². The molecule has 0 heterocycles. The topological polar surface area (TPSA) is 66.5 Å². The highest BCUT2D eigenvalue weighted by molar-refractivity contribution is 4.53. The molecule has 3 nitrogen and oxygen atoms in total. The van der Waals surface area contributed by atoms with Gasteiger partial charge >= 0.3 is 0 Å². The van der Waals surface area contributed by atoms with E-state index >= 15 is 0 Å². The SMILES string of the molecule is NCC[C@H](O)CCO. The van der Waals surface area contributed by atoms with Crippen molar-refractivity contribution in [2.45, 2.75) is 18.9 Å².